The van der Waals surface area contributed by atoms with E-state index < -0.39 is 0 Å². The summed E-state index contributed by atoms with van der Waals surface area (Å²) in [5.74, 6) is 1.89. The maximum absolute atomic E-state index is 12.3. The average Bonchev–Trinajstić information content (AvgIpc) is 2.61. The zero-order chi connectivity index (χ0) is 17.5. The summed E-state index contributed by atoms with van der Waals surface area (Å²) in [6.07, 6.45) is 2.13. The lowest BCUT2D eigenvalue weighted by Gasteiger charge is -2.26. The van der Waals surface area contributed by atoms with Crippen LogP contribution in [-0.4, -0.2) is 25.9 Å². The summed E-state index contributed by atoms with van der Waals surface area (Å²) in [4.78, 5) is 12.3. The van der Waals surface area contributed by atoms with Crippen molar-refractivity contribution in [2.75, 3.05) is 20.0 Å². The largest absolute Gasteiger partial charge is 0.497 e. The third-order valence-corrected chi connectivity index (χ3v) is 6.11. The van der Waals surface area contributed by atoms with Crippen LogP contribution in [0.1, 0.15) is 30.7 Å². The Kier molecular flexibility index (Phi) is 6.88. The fourth-order valence-electron chi connectivity index (χ4n) is 2.17. The van der Waals surface area contributed by atoms with Gasteiger partial charge in [0.25, 0.3) is 5.91 Å². The van der Waals surface area contributed by atoms with Gasteiger partial charge in [-0.2, -0.15) is 5.26 Å². The molecule has 0 aromatic heterocycles. The van der Waals surface area contributed by atoms with Crippen LogP contribution in [0, 0.1) is 11.3 Å². The van der Waals surface area contributed by atoms with Gasteiger partial charge < -0.3 is 14.8 Å². The smallest absolute Gasteiger partial charge is 0.264 e. The number of unbranched alkanes of at least 4 members (excludes halogenated alkanes) is 1. The second kappa shape index (κ2) is 8.90. The first-order chi connectivity index (χ1) is 11.6. The molecule has 0 saturated carbocycles. The predicted octanol–water partition coefficient (Wildman–Crippen LogP) is 3.83. The number of rotatable bonds is 7. The molecule has 1 aromatic carbocycles. The molecule has 0 fully saturated rings. The number of benzene rings is 1. The predicted molar refractivity (Wildman–Crippen MR) is 98.0 cm³/mol. The molecular weight excluding hydrogens is 344 g/mol. The number of amides is 1. The fraction of sp³-hybridized carbons (Fsp3) is 0.412. The van der Waals surface area contributed by atoms with Crippen LogP contribution in [0.4, 0.5) is 0 Å². The van der Waals surface area contributed by atoms with Crippen molar-refractivity contribution >= 4 is 29.4 Å². The summed E-state index contributed by atoms with van der Waals surface area (Å²) in [6, 6.07) is 7.52. The summed E-state index contributed by atoms with van der Waals surface area (Å²) in [7, 11) is 3.18. The van der Waals surface area contributed by atoms with Crippen LogP contribution >= 0.6 is 23.5 Å². The Morgan fingerprint density at radius 2 is 2.17 bits per heavy atom. The Hall–Kier alpha value is -1.78. The second-order valence-corrected chi connectivity index (χ2v) is 7.53. The summed E-state index contributed by atoms with van der Waals surface area (Å²) in [6.45, 7) is 2.12. The molecule has 0 saturated heterocycles. The Morgan fingerprint density at radius 1 is 1.38 bits per heavy atom. The summed E-state index contributed by atoms with van der Waals surface area (Å²) in [5.41, 5.74) is 1.05. The Labute approximate surface area is 150 Å². The van der Waals surface area contributed by atoms with Gasteiger partial charge in [0.1, 0.15) is 28.5 Å². The number of hydrogen-bond donors (Lipinski definition) is 1. The Balaban J connectivity index is 2.29. The summed E-state index contributed by atoms with van der Waals surface area (Å²) >= 11 is 3.05. The molecule has 128 valence electrons. The monoisotopic (exact) mass is 364 g/mol. The average molecular weight is 364 g/mol. The molecule has 1 heterocycles. The van der Waals surface area contributed by atoms with E-state index in [1.54, 1.807) is 32.0 Å². The molecule has 1 atom stereocenters. The van der Waals surface area contributed by atoms with Crippen LogP contribution < -0.4 is 14.8 Å². The van der Waals surface area contributed by atoms with E-state index in [-0.39, 0.29) is 16.9 Å². The maximum atomic E-state index is 12.3. The molecule has 0 bridgehead atoms. The minimum Gasteiger partial charge on any atom is -0.497 e. The standard InChI is InChI=1S/C17H20N2O3S2/c1-4-5-8-23-17-13(10-18)15(20)19-16(24-17)12-7-6-11(21-2)9-14(12)22-3/h6-7,9,16H,4-5,8H2,1-3H3,(H,19,20)/t16-/m1/s1. The summed E-state index contributed by atoms with van der Waals surface area (Å²) < 4.78 is 11.4. The van der Waals surface area contributed by atoms with E-state index in [0.29, 0.717) is 11.5 Å². The Morgan fingerprint density at radius 3 is 2.79 bits per heavy atom. The Bertz CT molecular complexity index is 683. The molecule has 0 aliphatic carbocycles. The van der Waals surface area contributed by atoms with E-state index in [9.17, 15) is 10.1 Å². The van der Waals surface area contributed by atoms with Crippen molar-refractivity contribution in [1.29, 1.82) is 5.26 Å². The number of hydrogen-bond acceptors (Lipinski definition) is 6. The zero-order valence-corrected chi connectivity index (χ0v) is 15.6. The number of carbonyl (C=O) groups excluding carboxylic acids is 1. The van der Waals surface area contributed by atoms with E-state index in [2.05, 4.69) is 12.2 Å². The van der Waals surface area contributed by atoms with Gasteiger partial charge in [0.15, 0.2) is 0 Å². The molecule has 5 nitrogen and oxygen atoms in total. The van der Waals surface area contributed by atoms with Crippen LogP contribution in [0.15, 0.2) is 28.0 Å². The molecule has 24 heavy (non-hydrogen) atoms. The van der Waals surface area contributed by atoms with E-state index in [4.69, 9.17) is 9.47 Å². The van der Waals surface area contributed by atoms with Gasteiger partial charge in [0, 0.05) is 11.6 Å². The minimum absolute atomic E-state index is 0.199. The first kappa shape index (κ1) is 18.6. The van der Waals surface area contributed by atoms with Crippen molar-refractivity contribution in [1.82, 2.24) is 5.32 Å². The topological polar surface area (TPSA) is 71.4 Å². The lowest BCUT2D eigenvalue weighted by atomic mass is 10.1. The second-order valence-electron chi connectivity index (χ2n) is 5.06. The SMILES string of the molecule is CCCCSC1=C(C#N)C(=O)N[C@@H](c2ccc(OC)cc2OC)S1. The van der Waals surface area contributed by atoms with Crippen molar-refractivity contribution in [2.45, 2.75) is 25.1 Å². The van der Waals surface area contributed by atoms with E-state index in [1.807, 2.05) is 18.2 Å². The molecule has 1 amide bonds. The quantitative estimate of drug-likeness (QED) is 0.741. The lowest BCUT2D eigenvalue weighted by molar-refractivity contribution is -0.117. The van der Waals surface area contributed by atoms with E-state index >= 15 is 0 Å². The van der Waals surface area contributed by atoms with Gasteiger partial charge >= 0.3 is 0 Å². The number of carbonyl (C=O) groups is 1. The van der Waals surface area contributed by atoms with Crippen molar-refractivity contribution < 1.29 is 14.3 Å². The van der Waals surface area contributed by atoms with Gasteiger partial charge in [0.05, 0.1) is 18.5 Å². The number of methoxy groups -OCH3 is 2. The molecule has 1 aromatic rings. The molecule has 2 rings (SSSR count). The number of ether oxygens (including phenoxy) is 2. The van der Waals surface area contributed by atoms with Crippen LogP contribution in [0.2, 0.25) is 0 Å². The van der Waals surface area contributed by atoms with Gasteiger partial charge in [-0.1, -0.05) is 25.1 Å². The maximum Gasteiger partial charge on any atom is 0.264 e. The first-order valence-corrected chi connectivity index (χ1v) is 9.47. The number of nitrogens with one attached hydrogen (secondary N) is 1. The highest BCUT2D eigenvalue weighted by molar-refractivity contribution is 8.22. The van der Waals surface area contributed by atoms with E-state index in [1.165, 1.54) is 11.8 Å². The number of thioether (sulfide) groups is 2. The molecule has 1 aliphatic rings. The summed E-state index contributed by atoms with van der Waals surface area (Å²) in [5, 5.41) is 11.9. The van der Waals surface area contributed by atoms with E-state index in [0.717, 1.165) is 28.4 Å². The highest BCUT2D eigenvalue weighted by Gasteiger charge is 2.30. The van der Waals surface area contributed by atoms with Crippen molar-refractivity contribution in [3.8, 4) is 17.6 Å². The molecular formula is C17H20N2O3S2. The van der Waals surface area contributed by atoms with Gasteiger partial charge in [-0.05, 0) is 24.3 Å². The molecule has 0 unspecified atom stereocenters. The zero-order valence-electron chi connectivity index (χ0n) is 13.9. The molecule has 0 radical (unpaired) electrons. The normalized spacial score (nSPS) is 17.2. The molecule has 1 N–H and O–H groups in total. The van der Waals surface area contributed by atoms with Gasteiger partial charge in [-0.15, -0.1) is 11.8 Å². The van der Waals surface area contributed by atoms with Crippen LogP contribution in [0.5, 0.6) is 11.5 Å². The molecule has 0 spiro atoms. The number of nitriles is 1. The van der Waals surface area contributed by atoms with Gasteiger partial charge in [-0.25, -0.2) is 0 Å². The first-order valence-electron chi connectivity index (χ1n) is 7.61. The third kappa shape index (κ3) is 4.19. The van der Waals surface area contributed by atoms with Crippen LogP contribution in [0.3, 0.4) is 0 Å². The van der Waals surface area contributed by atoms with Gasteiger partial charge in [0.2, 0.25) is 0 Å². The minimum atomic E-state index is -0.335. The third-order valence-electron chi connectivity index (χ3n) is 3.48. The molecule has 7 heteroatoms. The van der Waals surface area contributed by atoms with Gasteiger partial charge in [-0.3, -0.25) is 4.79 Å². The van der Waals surface area contributed by atoms with Crippen molar-refractivity contribution in [2.24, 2.45) is 0 Å². The highest BCUT2D eigenvalue weighted by atomic mass is 32.2. The fourth-order valence-corrected chi connectivity index (χ4v) is 4.84. The highest BCUT2D eigenvalue weighted by Crippen LogP contribution is 2.46. The lowest BCUT2D eigenvalue weighted by Crippen LogP contribution is -2.31. The van der Waals surface area contributed by atoms with Crippen molar-refractivity contribution in [3.05, 3.63) is 33.6 Å². The van der Waals surface area contributed by atoms with Crippen LogP contribution in [0.25, 0.3) is 0 Å². The van der Waals surface area contributed by atoms with Crippen molar-refractivity contribution in [3.63, 3.8) is 0 Å². The number of nitrogens with zero attached hydrogens (tertiary/aromatic N) is 1. The van der Waals surface area contributed by atoms with Crippen LogP contribution in [-0.2, 0) is 4.79 Å². The molecule has 1 aliphatic heterocycles.